The predicted molar refractivity (Wildman–Crippen MR) is 91.1 cm³/mol. The van der Waals surface area contributed by atoms with E-state index in [-0.39, 0.29) is 5.91 Å². The van der Waals surface area contributed by atoms with Crippen molar-refractivity contribution in [2.75, 3.05) is 36.5 Å². The molecule has 5 heteroatoms. The number of anilines is 2. The molecule has 0 aliphatic carbocycles. The molecule has 1 amide bonds. The number of morpholine rings is 1. The quantitative estimate of drug-likeness (QED) is 0.947. The SMILES string of the molecule is Cc1ccc(C(=O)Nc2ccc(N3CCOCC3)cn2)cc1C. The van der Waals surface area contributed by atoms with Gasteiger partial charge < -0.3 is 15.0 Å². The van der Waals surface area contributed by atoms with E-state index in [0.717, 1.165) is 37.6 Å². The Labute approximate surface area is 136 Å². The summed E-state index contributed by atoms with van der Waals surface area (Å²) in [5.41, 5.74) is 3.98. The van der Waals surface area contributed by atoms with Gasteiger partial charge in [-0.15, -0.1) is 0 Å². The van der Waals surface area contributed by atoms with E-state index in [1.54, 1.807) is 6.20 Å². The molecule has 120 valence electrons. The van der Waals surface area contributed by atoms with Gasteiger partial charge in [-0.05, 0) is 49.2 Å². The lowest BCUT2D eigenvalue weighted by atomic mass is 10.1. The topological polar surface area (TPSA) is 54.5 Å². The standard InChI is InChI=1S/C18H21N3O2/c1-13-3-4-15(11-14(13)2)18(22)20-17-6-5-16(12-19-17)21-7-9-23-10-8-21/h3-6,11-12H,7-10H2,1-2H3,(H,19,20,22). The van der Waals surface area contributed by atoms with E-state index in [9.17, 15) is 4.79 Å². The van der Waals surface area contributed by atoms with Gasteiger partial charge in [0.25, 0.3) is 5.91 Å². The largest absolute Gasteiger partial charge is 0.378 e. The molecule has 2 aromatic rings. The lowest BCUT2D eigenvalue weighted by Gasteiger charge is -2.28. The van der Waals surface area contributed by atoms with E-state index in [2.05, 4.69) is 15.2 Å². The molecular weight excluding hydrogens is 290 g/mol. The summed E-state index contributed by atoms with van der Waals surface area (Å²) in [7, 11) is 0. The van der Waals surface area contributed by atoms with Crippen molar-refractivity contribution in [2.24, 2.45) is 0 Å². The molecule has 3 rings (SSSR count). The summed E-state index contributed by atoms with van der Waals surface area (Å²) in [5, 5.41) is 2.84. The number of pyridine rings is 1. The van der Waals surface area contributed by atoms with Crippen molar-refractivity contribution in [2.45, 2.75) is 13.8 Å². The Morgan fingerprint density at radius 1 is 1.13 bits per heavy atom. The van der Waals surface area contributed by atoms with Gasteiger partial charge in [-0.3, -0.25) is 4.79 Å². The number of nitrogens with one attached hydrogen (secondary N) is 1. The summed E-state index contributed by atoms with van der Waals surface area (Å²) < 4.78 is 5.35. The fourth-order valence-corrected chi connectivity index (χ4v) is 2.54. The Morgan fingerprint density at radius 2 is 1.91 bits per heavy atom. The number of nitrogens with zero attached hydrogens (tertiary/aromatic N) is 2. The van der Waals surface area contributed by atoms with Crippen molar-refractivity contribution in [3.63, 3.8) is 0 Å². The summed E-state index contributed by atoms with van der Waals surface area (Å²) in [6, 6.07) is 9.50. The molecule has 1 fully saturated rings. The molecule has 0 unspecified atom stereocenters. The van der Waals surface area contributed by atoms with Crippen LogP contribution < -0.4 is 10.2 Å². The molecule has 0 radical (unpaired) electrons. The number of aromatic nitrogens is 1. The van der Waals surface area contributed by atoms with Crippen LogP contribution in [0.5, 0.6) is 0 Å². The Morgan fingerprint density at radius 3 is 2.57 bits per heavy atom. The van der Waals surface area contributed by atoms with Gasteiger partial charge in [-0.2, -0.15) is 0 Å². The predicted octanol–water partition coefficient (Wildman–Crippen LogP) is 2.79. The summed E-state index contributed by atoms with van der Waals surface area (Å²) in [6.45, 7) is 7.26. The van der Waals surface area contributed by atoms with E-state index in [1.807, 2.05) is 44.2 Å². The third-order valence-electron chi connectivity index (χ3n) is 4.13. The number of hydrogen-bond acceptors (Lipinski definition) is 4. The van der Waals surface area contributed by atoms with Gasteiger partial charge in [0, 0.05) is 18.7 Å². The molecule has 0 bridgehead atoms. The lowest BCUT2D eigenvalue weighted by Crippen LogP contribution is -2.36. The van der Waals surface area contributed by atoms with Crippen molar-refractivity contribution < 1.29 is 9.53 Å². The number of carbonyl (C=O) groups excluding carboxylic acids is 1. The summed E-state index contributed by atoms with van der Waals surface area (Å²) in [4.78, 5) is 18.9. The molecule has 0 spiro atoms. The fourth-order valence-electron chi connectivity index (χ4n) is 2.54. The molecule has 1 N–H and O–H groups in total. The van der Waals surface area contributed by atoms with Gasteiger partial charge in [0.05, 0.1) is 25.1 Å². The van der Waals surface area contributed by atoms with Crippen LogP contribution in [0, 0.1) is 13.8 Å². The number of ether oxygens (including phenoxy) is 1. The van der Waals surface area contributed by atoms with Crippen molar-refractivity contribution in [1.29, 1.82) is 0 Å². The molecule has 2 heterocycles. The first-order chi connectivity index (χ1) is 11.1. The second-order valence-electron chi connectivity index (χ2n) is 5.75. The van der Waals surface area contributed by atoms with Gasteiger partial charge in [0.2, 0.25) is 0 Å². The van der Waals surface area contributed by atoms with Crippen molar-refractivity contribution in [1.82, 2.24) is 4.98 Å². The van der Waals surface area contributed by atoms with Crippen LogP contribution in [-0.4, -0.2) is 37.2 Å². The van der Waals surface area contributed by atoms with Gasteiger partial charge in [0.1, 0.15) is 5.82 Å². The van der Waals surface area contributed by atoms with Gasteiger partial charge in [-0.25, -0.2) is 4.98 Å². The highest BCUT2D eigenvalue weighted by Crippen LogP contribution is 2.17. The molecule has 0 atom stereocenters. The van der Waals surface area contributed by atoms with Crippen LogP contribution in [0.2, 0.25) is 0 Å². The van der Waals surface area contributed by atoms with Crippen molar-refractivity contribution in [3.8, 4) is 0 Å². The maximum Gasteiger partial charge on any atom is 0.256 e. The molecule has 1 saturated heterocycles. The van der Waals surface area contributed by atoms with Crippen LogP contribution in [0.3, 0.4) is 0 Å². The van der Waals surface area contributed by atoms with E-state index in [0.29, 0.717) is 11.4 Å². The zero-order valence-corrected chi connectivity index (χ0v) is 13.5. The highest BCUT2D eigenvalue weighted by molar-refractivity contribution is 6.03. The first-order valence-electron chi connectivity index (χ1n) is 7.81. The first kappa shape index (κ1) is 15.5. The minimum absolute atomic E-state index is 0.139. The fraction of sp³-hybridized carbons (Fsp3) is 0.333. The average molecular weight is 311 g/mol. The Bertz CT molecular complexity index is 692. The Kier molecular flexibility index (Phi) is 4.57. The smallest absolute Gasteiger partial charge is 0.256 e. The third kappa shape index (κ3) is 3.68. The van der Waals surface area contributed by atoms with Crippen molar-refractivity contribution in [3.05, 3.63) is 53.2 Å². The summed E-state index contributed by atoms with van der Waals surface area (Å²) in [6.07, 6.45) is 1.79. The molecule has 0 saturated carbocycles. The van der Waals surface area contributed by atoms with E-state index in [4.69, 9.17) is 4.74 Å². The van der Waals surface area contributed by atoms with E-state index >= 15 is 0 Å². The van der Waals surface area contributed by atoms with Crippen LogP contribution in [0.25, 0.3) is 0 Å². The van der Waals surface area contributed by atoms with Crippen LogP contribution in [0.4, 0.5) is 11.5 Å². The van der Waals surface area contributed by atoms with Crippen LogP contribution in [0.1, 0.15) is 21.5 Å². The van der Waals surface area contributed by atoms with Gasteiger partial charge in [-0.1, -0.05) is 6.07 Å². The normalized spacial score (nSPS) is 14.6. The molecule has 1 aromatic carbocycles. The average Bonchev–Trinajstić information content (AvgIpc) is 2.59. The minimum atomic E-state index is -0.139. The van der Waals surface area contributed by atoms with E-state index < -0.39 is 0 Å². The summed E-state index contributed by atoms with van der Waals surface area (Å²) >= 11 is 0. The van der Waals surface area contributed by atoms with Gasteiger partial charge >= 0.3 is 0 Å². The zero-order chi connectivity index (χ0) is 16.2. The number of hydrogen-bond donors (Lipinski definition) is 1. The van der Waals surface area contributed by atoms with Crippen LogP contribution in [-0.2, 0) is 4.74 Å². The monoisotopic (exact) mass is 311 g/mol. The van der Waals surface area contributed by atoms with Gasteiger partial charge in [0.15, 0.2) is 0 Å². The first-order valence-corrected chi connectivity index (χ1v) is 7.81. The number of aryl methyl sites for hydroxylation is 2. The number of benzene rings is 1. The molecular formula is C18H21N3O2. The van der Waals surface area contributed by atoms with E-state index in [1.165, 1.54) is 5.56 Å². The molecule has 5 nitrogen and oxygen atoms in total. The summed E-state index contributed by atoms with van der Waals surface area (Å²) in [5.74, 6) is 0.421. The number of rotatable bonds is 3. The Hall–Kier alpha value is -2.40. The third-order valence-corrected chi connectivity index (χ3v) is 4.13. The Balaban J connectivity index is 1.67. The lowest BCUT2D eigenvalue weighted by molar-refractivity contribution is 0.102. The highest BCUT2D eigenvalue weighted by atomic mass is 16.5. The zero-order valence-electron chi connectivity index (χ0n) is 13.5. The highest BCUT2D eigenvalue weighted by Gasteiger charge is 2.12. The maximum atomic E-state index is 12.3. The molecule has 23 heavy (non-hydrogen) atoms. The maximum absolute atomic E-state index is 12.3. The molecule has 1 aromatic heterocycles. The second-order valence-corrected chi connectivity index (χ2v) is 5.75. The second kappa shape index (κ2) is 6.79. The molecule has 1 aliphatic rings. The molecule has 1 aliphatic heterocycles. The van der Waals surface area contributed by atoms with Crippen molar-refractivity contribution >= 4 is 17.4 Å². The van der Waals surface area contributed by atoms with Crippen LogP contribution >= 0.6 is 0 Å². The number of amides is 1. The minimum Gasteiger partial charge on any atom is -0.378 e. The van der Waals surface area contributed by atoms with Crippen LogP contribution in [0.15, 0.2) is 36.5 Å². The number of carbonyl (C=O) groups is 1.